The Hall–Kier alpha value is -0.680. The highest BCUT2D eigenvalue weighted by atomic mass is 32.2. The second-order valence-electron chi connectivity index (χ2n) is 4.70. The Morgan fingerprint density at radius 1 is 1.32 bits per heavy atom. The Bertz CT molecular complexity index is 402. The van der Waals surface area contributed by atoms with Crippen LogP contribution < -0.4 is 5.73 Å². The lowest BCUT2D eigenvalue weighted by Gasteiger charge is -2.15. The number of nitrogens with two attached hydrogens (primary N) is 1. The molecule has 1 nitrogen and oxygen atoms in total. The predicted octanol–water partition coefficient (Wildman–Crippen LogP) is 4.49. The summed E-state index contributed by atoms with van der Waals surface area (Å²) < 4.78 is 39.1. The van der Waals surface area contributed by atoms with E-state index in [0.29, 0.717) is 4.90 Å². The Balaban J connectivity index is 2.95. The van der Waals surface area contributed by atoms with Crippen molar-refractivity contribution >= 4 is 11.8 Å². The van der Waals surface area contributed by atoms with Gasteiger partial charge in [-0.05, 0) is 43.2 Å². The van der Waals surface area contributed by atoms with Crippen LogP contribution in [-0.2, 0) is 12.6 Å². The lowest BCUT2D eigenvalue weighted by Crippen LogP contribution is -2.20. The summed E-state index contributed by atoms with van der Waals surface area (Å²) in [6, 6.07) is 4.28. The maximum atomic E-state index is 13.0. The van der Waals surface area contributed by atoms with E-state index in [1.807, 2.05) is 0 Å². The van der Waals surface area contributed by atoms with Crippen LogP contribution in [0, 0.1) is 0 Å². The zero-order valence-corrected chi connectivity index (χ0v) is 12.1. The molecule has 0 saturated carbocycles. The molecule has 2 N–H and O–H groups in total. The number of rotatable bonds is 6. The largest absolute Gasteiger partial charge is 0.416 e. The second kappa shape index (κ2) is 7.20. The van der Waals surface area contributed by atoms with E-state index >= 15 is 0 Å². The number of hydrogen-bond acceptors (Lipinski definition) is 2. The van der Waals surface area contributed by atoms with E-state index in [1.165, 1.54) is 17.8 Å². The molecular formula is C14H20F3NS. The summed E-state index contributed by atoms with van der Waals surface area (Å²) in [5, 5.41) is 0. The highest BCUT2D eigenvalue weighted by molar-refractivity contribution is 7.99. The highest BCUT2D eigenvalue weighted by Crippen LogP contribution is 2.35. The number of benzene rings is 1. The average Bonchev–Trinajstić information content (AvgIpc) is 2.29. The van der Waals surface area contributed by atoms with Crippen molar-refractivity contribution < 1.29 is 13.2 Å². The van der Waals surface area contributed by atoms with Crippen LogP contribution in [0.15, 0.2) is 23.1 Å². The Kier molecular flexibility index (Phi) is 6.20. The zero-order chi connectivity index (χ0) is 14.5. The molecule has 19 heavy (non-hydrogen) atoms. The normalized spacial score (nSPS) is 13.6. The second-order valence-corrected chi connectivity index (χ2v) is 5.87. The summed E-state index contributed by atoms with van der Waals surface area (Å²) in [4.78, 5) is 0.675. The Morgan fingerprint density at radius 2 is 2.00 bits per heavy atom. The Labute approximate surface area is 116 Å². The quantitative estimate of drug-likeness (QED) is 0.617. The van der Waals surface area contributed by atoms with Gasteiger partial charge in [0.05, 0.1) is 5.56 Å². The van der Waals surface area contributed by atoms with Crippen molar-refractivity contribution in [2.45, 2.75) is 50.2 Å². The third kappa shape index (κ3) is 5.45. The van der Waals surface area contributed by atoms with E-state index in [-0.39, 0.29) is 18.0 Å². The first-order valence-corrected chi connectivity index (χ1v) is 7.41. The fourth-order valence-corrected chi connectivity index (χ4v) is 2.80. The predicted molar refractivity (Wildman–Crippen MR) is 74.4 cm³/mol. The average molecular weight is 291 g/mol. The topological polar surface area (TPSA) is 26.0 Å². The molecule has 0 amide bonds. The van der Waals surface area contributed by atoms with Crippen molar-refractivity contribution in [1.29, 1.82) is 0 Å². The van der Waals surface area contributed by atoms with Gasteiger partial charge in [-0.15, -0.1) is 11.8 Å². The molecule has 0 bridgehead atoms. The smallest absolute Gasteiger partial charge is 0.328 e. The first kappa shape index (κ1) is 16.4. The van der Waals surface area contributed by atoms with Crippen LogP contribution in [0.3, 0.4) is 0 Å². The van der Waals surface area contributed by atoms with Gasteiger partial charge in [0.2, 0.25) is 0 Å². The SMILES string of the molecule is CCCCSc1ccc(CC(C)N)c(C(F)(F)F)c1. The minimum absolute atomic E-state index is 0.245. The minimum atomic E-state index is -4.31. The van der Waals surface area contributed by atoms with Crippen molar-refractivity contribution in [3.05, 3.63) is 29.3 Å². The van der Waals surface area contributed by atoms with Crippen LogP contribution >= 0.6 is 11.8 Å². The number of thioether (sulfide) groups is 1. The molecule has 1 unspecified atom stereocenters. The van der Waals surface area contributed by atoms with Gasteiger partial charge in [-0.25, -0.2) is 0 Å². The van der Waals surface area contributed by atoms with E-state index in [4.69, 9.17) is 5.73 Å². The summed E-state index contributed by atoms with van der Waals surface area (Å²) in [5.41, 5.74) is 5.33. The summed E-state index contributed by atoms with van der Waals surface area (Å²) in [6.07, 6.45) is -2.02. The lowest BCUT2D eigenvalue weighted by molar-refractivity contribution is -0.138. The zero-order valence-electron chi connectivity index (χ0n) is 11.3. The van der Waals surface area contributed by atoms with Gasteiger partial charge in [0.15, 0.2) is 0 Å². The van der Waals surface area contributed by atoms with Gasteiger partial charge in [0.25, 0.3) is 0 Å². The molecule has 0 heterocycles. The number of alkyl halides is 3. The maximum Gasteiger partial charge on any atom is 0.416 e. The van der Waals surface area contributed by atoms with Gasteiger partial charge >= 0.3 is 6.18 Å². The van der Waals surface area contributed by atoms with Crippen molar-refractivity contribution in [2.75, 3.05) is 5.75 Å². The summed E-state index contributed by atoms with van der Waals surface area (Å²) in [5.74, 6) is 0.848. The number of unbranched alkanes of at least 4 members (excludes halogenated alkanes) is 1. The molecule has 0 fully saturated rings. The molecule has 5 heteroatoms. The molecule has 0 saturated heterocycles. The highest BCUT2D eigenvalue weighted by Gasteiger charge is 2.33. The molecule has 0 radical (unpaired) electrons. The van der Waals surface area contributed by atoms with Crippen LogP contribution in [0.25, 0.3) is 0 Å². The van der Waals surface area contributed by atoms with Crippen molar-refractivity contribution in [1.82, 2.24) is 0 Å². The fraction of sp³-hybridized carbons (Fsp3) is 0.571. The van der Waals surface area contributed by atoms with E-state index in [0.717, 1.165) is 18.6 Å². The first-order valence-electron chi connectivity index (χ1n) is 6.43. The van der Waals surface area contributed by atoms with E-state index < -0.39 is 11.7 Å². The van der Waals surface area contributed by atoms with Gasteiger partial charge in [-0.2, -0.15) is 13.2 Å². The van der Waals surface area contributed by atoms with Crippen LogP contribution in [0.1, 0.15) is 37.8 Å². The van der Waals surface area contributed by atoms with Gasteiger partial charge in [0, 0.05) is 10.9 Å². The molecular weight excluding hydrogens is 271 g/mol. The van der Waals surface area contributed by atoms with Crippen molar-refractivity contribution in [3.63, 3.8) is 0 Å². The third-order valence-corrected chi connectivity index (χ3v) is 3.78. The monoisotopic (exact) mass is 291 g/mol. The fourth-order valence-electron chi connectivity index (χ4n) is 1.77. The summed E-state index contributed by atoms with van der Waals surface area (Å²) in [6.45, 7) is 3.78. The van der Waals surface area contributed by atoms with Crippen LogP contribution in [0.5, 0.6) is 0 Å². The first-order chi connectivity index (χ1) is 8.84. The Morgan fingerprint density at radius 3 is 2.53 bits per heavy atom. The molecule has 0 aliphatic carbocycles. The van der Waals surface area contributed by atoms with Crippen LogP contribution in [0.2, 0.25) is 0 Å². The molecule has 1 aromatic carbocycles. The molecule has 0 aliphatic heterocycles. The van der Waals surface area contributed by atoms with Gasteiger partial charge in [0.1, 0.15) is 0 Å². The van der Waals surface area contributed by atoms with E-state index in [1.54, 1.807) is 19.1 Å². The molecule has 1 atom stereocenters. The molecule has 0 aromatic heterocycles. The van der Waals surface area contributed by atoms with Crippen molar-refractivity contribution in [2.24, 2.45) is 5.73 Å². The van der Waals surface area contributed by atoms with E-state index in [2.05, 4.69) is 6.92 Å². The number of hydrogen-bond donors (Lipinski definition) is 1. The lowest BCUT2D eigenvalue weighted by atomic mass is 10.0. The van der Waals surface area contributed by atoms with Crippen LogP contribution in [0.4, 0.5) is 13.2 Å². The standard InChI is InChI=1S/C14H20F3NS/c1-3-4-7-19-12-6-5-11(8-10(2)18)13(9-12)14(15,16)17/h5-6,9-10H,3-4,7-8,18H2,1-2H3. The molecule has 108 valence electrons. The molecule has 0 aliphatic rings. The van der Waals surface area contributed by atoms with Crippen molar-refractivity contribution in [3.8, 4) is 0 Å². The maximum absolute atomic E-state index is 13.0. The summed E-state index contributed by atoms with van der Waals surface area (Å²) >= 11 is 1.47. The minimum Gasteiger partial charge on any atom is -0.328 e. The third-order valence-electron chi connectivity index (χ3n) is 2.70. The van der Waals surface area contributed by atoms with Gasteiger partial charge < -0.3 is 5.73 Å². The molecule has 1 aromatic rings. The number of halogens is 3. The van der Waals surface area contributed by atoms with Gasteiger partial charge in [-0.3, -0.25) is 0 Å². The van der Waals surface area contributed by atoms with Crippen LogP contribution in [-0.4, -0.2) is 11.8 Å². The molecule has 1 rings (SSSR count). The van der Waals surface area contributed by atoms with E-state index in [9.17, 15) is 13.2 Å². The van der Waals surface area contributed by atoms with Gasteiger partial charge in [-0.1, -0.05) is 19.4 Å². The summed E-state index contributed by atoms with van der Waals surface area (Å²) in [7, 11) is 0. The molecule has 0 spiro atoms.